The number of carbonyl (C=O) groups is 2. The highest BCUT2D eigenvalue weighted by Crippen LogP contribution is 2.21. The summed E-state index contributed by atoms with van der Waals surface area (Å²) < 4.78 is 5.41. The van der Waals surface area contributed by atoms with E-state index >= 15 is 0 Å². The fraction of sp³-hybridized carbons (Fsp3) is 0.182. The largest absolute Gasteiger partial charge is 0.460 e. The molecule has 2 heterocycles. The predicted molar refractivity (Wildman–Crippen MR) is 64.8 cm³/mol. The Morgan fingerprint density at radius 3 is 3.00 bits per heavy atom. The van der Waals surface area contributed by atoms with E-state index in [4.69, 9.17) is 0 Å². The zero-order valence-electron chi connectivity index (χ0n) is 8.99. The first-order chi connectivity index (χ1) is 8.13. The minimum Gasteiger partial charge on any atom is -0.460 e. The maximum atomic E-state index is 11.8. The lowest BCUT2D eigenvalue weighted by Crippen LogP contribution is -2.17. The number of hydrogen-bond donors (Lipinski definition) is 1. The molecule has 2 aromatic heterocycles. The van der Waals surface area contributed by atoms with Crippen molar-refractivity contribution in [1.82, 2.24) is 9.97 Å². The van der Waals surface area contributed by atoms with Crippen LogP contribution in [-0.4, -0.2) is 28.3 Å². The summed E-state index contributed by atoms with van der Waals surface area (Å²) in [5, 5.41) is 0.595. The Labute approximate surface area is 105 Å². The van der Waals surface area contributed by atoms with Crippen LogP contribution in [0.1, 0.15) is 17.3 Å². The molecule has 0 aliphatic heterocycles. The summed E-state index contributed by atoms with van der Waals surface area (Å²) in [6.45, 7) is 1.83. The Hall–Kier alpha value is -1.69. The normalized spacial score (nSPS) is 10.5. The number of nitrogens with one attached hydrogen (secondary N) is 1. The molecule has 0 fully saturated rings. The van der Waals surface area contributed by atoms with Gasteiger partial charge in [-0.1, -0.05) is 0 Å². The highest BCUT2D eigenvalue weighted by Gasteiger charge is 2.21. The fourth-order valence-corrected chi connectivity index (χ4v) is 1.80. The molecular formula is C11H9BrN2O3. The summed E-state index contributed by atoms with van der Waals surface area (Å²) in [4.78, 5) is 30.1. The van der Waals surface area contributed by atoms with Gasteiger partial charge in [0.25, 0.3) is 5.78 Å². The number of H-pyrrole nitrogens is 1. The van der Waals surface area contributed by atoms with Gasteiger partial charge in [0.15, 0.2) is 0 Å². The third-order valence-electron chi connectivity index (χ3n) is 2.20. The van der Waals surface area contributed by atoms with Crippen molar-refractivity contribution in [3.63, 3.8) is 0 Å². The molecule has 0 aliphatic rings. The van der Waals surface area contributed by atoms with Gasteiger partial charge in [-0.2, -0.15) is 0 Å². The van der Waals surface area contributed by atoms with E-state index in [0.717, 1.165) is 4.47 Å². The number of Topliss-reactive ketones (excluding diaryl/α,β-unsaturated/α-hetero) is 1. The number of pyridine rings is 1. The van der Waals surface area contributed by atoms with Crippen LogP contribution in [0.4, 0.5) is 0 Å². The molecule has 0 atom stereocenters. The van der Waals surface area contributed by atoms with E-state index in [9.17, 15) is 9.59 Å². The molecule has 88 valence electrons. The Kier molecular flexibility index (Phi) is 3.23. The zero-order valence-corrected chi connectivity index (χ0v) is 10.6. The molecule has 17 heavy (non-hydrogen) atoms. The second-order valence-corrected chi connectivity index (χ2v) is 4.22. The van der Waals surface area contributed by atoms with Crippen molar-refractivity contribution in [3.05, 3.63) is 28.5 Å². The van der Waals surface area contributed by atoms with Crippen LogP contribution in [0.25, 0.3) is 11.0 Å². The molecule has 2 aromatic rings. The van der Waals surface area contributed by atoms with E-state index in [0.29, 0.717) is 11.0 Å². The van der Waals surface area contributed by atoms with Crippen LogP contribution in [0.2, 0.25) is 0 Å². The summed E-state index contributed by atoms with van der Waals surface area (Å²) in [5.41, 5.74) is 0.827. The molecule has 0 aliphatic carbocycles. The molecule has 0 saturated carbocycles. The fourth-order valence-electron chi connectivity index (χ4n) is 1.47. The van der Waals surface area contributed by atoms with E-state index in [-0.39, 0.29) is 12.2 Å². The van der Waals surface area contributed by atoms with Crippen LogP contribution >= 0.6 is 15.9 Å². The van der Waals surface area contributed by atoms with Crippen LogP contribution in [-0.2, 0) is 9.53 Å². The maximum absolute atomic E-state index is 11.8. The smallest absolute Gasteiger partial charge is 0.379 e. The van der Waals surface area contributed by atoms with Crippen molar-refractivity contribution in [3.8, 4) is 0 Å². The molecule has 1 N–H and O–H groups in total. The number of halogens is 1. The molecule has 0 unspecified atom stereocenters. The standard InChI is InChI=1S/C11H9BrN2O3/c1-2-17-11(16)9(15)8-5-14-10-7(8)3-6(12)4-13-10/h3-5H,2H2,1H3,(H,13,14). The quantitative estimate of drug-likeness (QED) is 0.535. The number of carbonyl (C=O) groups excluding carboxylic acids is 2. The number of fused-ring (bicyclic) bond motifs is 1. The van der Waals surface area contributed by atoms with Crippen LogP contribution in [0, 0.1) is 0 Å². The van der Waals surface area contributed by atoms with E-state index in [1.807, 2.05) is 0 Å². The van der Waals surface area contributed by atoms with Crippen LogP contribution in [0.5, 0.6) is 0 Å². The van der Waals surface area contributed by atoms with Crippen molar-refractivity contribution in [2.24, 2.45) is 0 Å². The number of rotatable bonds is 3. The van der Waals surface area contributed by atoms with Gasteiger partial charge >= 0.3 is 5.97 Å². The molecule has 0 aromatic carbocycles. The minimum atomic E-state index is -0.853. The summed E-state index contributed by atoms with van der Waals surface area (Å²) in [5.74, 6) is -1.52. The number of nitrogens with zero attached hydrogens (tertiary/aromatic N) is 1. The third kappa shape index (κ3) is 2.21. The lowest BCUT2D eigenvalue weighted by atomic mass is 10.1. The van der Waals surface area contributed by atoms with Gasteiger partial charge in [0, 0.05) is 22.3 Å². The van der Waals surface area contributed by atoms with Gasteiger partial charge in [0.1, 0.15) is 5.65 Å². The SMILES string of the molecule is CCOC(=O)C(=O)c1c[nH]c2ncc(Br)cc12. The van der Waals surface area contributed by atoms with Gasteiger partial charge in [-0.05, 0) is 28.9 Å². The highest BCUT2D eigenvalue weighted by atomic mass is 79.9. The summed E-state index contributed by atoms with van der Waals surface area (Å²) in [7, 11) is 0. The summed E-state index contributed by atoms with van der Waals surface area (Å²) >= 11 is 3.26. The average molecular weight is 297 g/mol. The topological polar surface area (TPSA) is 72.1 Å². The first-order valence-electron chi connectivity index (χ1n) is 4.97. The van der Waals surface area contributed by atoms with E-state index in [1.54, 1.807) is 19.2 Å². The van der Waals surface area contributed by atoms with Gasteiger partial charge in [-0.15, -0.1) is 0 Å². The highest BCUT2D eigenvalue weighted by molar-refractivity contribution is 9.10. The predicted octanol–water partition coefficient (Wildman–Crippen LogP) is 2.07. The minimum absolute atomic E-state index is 0.175. The molecule has 5 nitrogen and oxygen atoms in total. The van der Waals surface area contributed by atoms with Crippen molar-refractivity contribution >= 4 is 38.7 Å². The van der Waals surface area contributed by atoms with Crippen molar-refractivity contribution in [2.75, 3.05) is 6.61 Å². The Morgan fingerprint density at radius 2 is 2.29 bits per heavy atom. The van der Waals surface area contributed by atoms with Crippen LogP contribution < -0.4 is 0 Å². The van der Waals surface area contributed by atoms with E-state index < -0.39 is 11.8 Å². The van der Waals surface area contributed by atoms with Gasteiger partial charge in [0.05, 0.1) is 12.2 Å². The Balaban J connectivity index is 2.45. The molecule has 0 bridgehead atoms. The second kappa shape index (κ2) is 4.67. The third-order valence-corrected chi connectivity index (χ3v) is 2.64. The Bertz CT molecular complexity index is 591. The molecule has 0 amide bonds. The van der Waals surface area contributed by atoms with E-state index in [1.165, 1.54) is 6.20 Å². The molecular weight excluding hydrogens is 288 g/mol. The van der Waals surface area contributed by atoms with Gasteiger partial charge in [-0.3, -0.25) is 4.79 Å². The van der Waals surface area contributed by atoms with Gasteiger partial charge in [0.2, 0.25) is 0 Å². The molecule has 0 saturated heterocycles. The molecule has 0 radical (unpaired) electrons. The number of esters is 1. The number of hydrogen-bond acceptors (Lipinski definition) is 4. The Morgan fingerprint density at radius 1 is 1.53 bits per heavy atom. The number of aromatic amines is 1. The number of aromatic nitrogens is 2. The molecule has 2 rings (SSSR count). The monoisotopic (exact) mass is 296 g/mol. The van der Waals surface area contributed by atoms with Crippen molar-refractivity contribution < 1.29 is 14.3 Å². The number of ketones is 1. The average Bonchev–Trinajstić information content (AvgIpc) is 2.71. The first kappa shape index (κ1) is 11.8. The first-order valence-corrected chi connectivity index (χ1v) is 5.77. The second-order valence-electron chi connectivity index (χ2n) is 3.30. The van der Waals surface area contributed by atoms with Crippen molar-refractivity contribution in [2.45, 2.75) is 6.92 Å². The summed E-state index contributed by atoms with van der Waals surface area (Å²) in [6.07, 6.45) is 3.07. The molecule has 6 heteroatoms. The lowest BCUT2D eigenvalue weighted by Gasteiger charge is -1.99. The van der Waals surface area contributed by atoms with Gasteiger partial charge < -0.3 is 9.72 Å². The van der Waals surface area contributed by atoms with Crippen molar-refractivity contribution in [1.29, 1.82) is 0 Å². The van der Waals surface area contributed by atoms with Crippen LogP contribution in [0.3, 0.4) is 0 Å². The van der Waals surface area contributed by atoms with Gasteiger partial charge in [-0.25, -0.2) is 9.78 Å². The number of ether oxygens (including phenoxy) is 1. The van der Waals surface area contributed by atoms with Crippen LogP contribution in [0.15, 0.2) is 22.9 Å². The zero-order chi connectivity index (χ0) is 12.4. The maximum Gasteiger partial charge on any atom is 0.379 e. The van der Waals surface area contributed by atoms with E-state index in [2.05, 4.69) is 30.6 Å². The lowest BCUT2D eigenvalue weighted by molar-refractivity contribution is -0.137. The summed E-state index contributed by atoms with van der Waals surface area (Å²) in [6, 6.07) is 1.73. The molecule has 0 spiro atoms.